The molecule has 0 saturated heterocycles. The molecule has 1 aliphatic carbocycles. The van der Waals surface area contributed by atoms with E-state index in [1.165, 1.54) is 10.9 Å². The van der Waals surface area contributed by atoms with E-state index < -0.39 is 0 Å². The molecule has 5 heteroatoms. The molecule has 0 amide bonds. The van der Waals surface area contributed by atoms with Crippen molar-refractivity contribution in [2.75, 3.05) is 11.9 Å². The van der Waals surface area contributed by atoms with Crippen molar-refractivity contribution in [1.82, 2.24) is 15.0 Å². The summed E-state index contributed by atoms with van der Waals surface area (Å²) < 4.78 is 0. The van der Waals surface area contributed by atoms with E-state index in [1.807, 2.05) is 25.5 Å². The van der Waals surface area contributed by atoms with E-state index in [-0.39, 0.29) is 6.10 Å². The van der Waals surface area contributed by atoms with Gasteiger partial charge in [0.05, 0.1) is 6.10 Å². The van der Waals surface area contributed by atoms with Crippen molar-refractivity contribution in [1.29, 1.82) is 0 Å². The van der Waals surface area contributed by atoms with Crippen LogP contribution in [0.5, 0.6) is 0 Å². The SMILES string of the molecule is CN(Cc1cccc2cnccc12)c1cc(C2CC(O)C2)ncn1. The second-order valence-corrected chi connectivity index (χ2v) is 6.49. The molecule has 0 unspecified atom stereocenters. The van der Waals surface area contributed by atoms with Crippen LogP contribution in [0.2, 0.25) is 0 Å². The van der Waals surface area contributed by atoms with Gasteiger partial charge in [-0.2, -0.15) is 0 Å². The van der Waals surface area contributed by atoms with Crippen molar-refractivity contribution in [2.24, 2.45) is 0 Å². The van der Waals surface area contributed by atoms with Gasteiger partial charge in [-0.1, -0.05) is 18.2 Å². The third-order valence-electron chi connectivity index (χ3n) is 4.77. The largest absolute Gasteiger partial charge is 0.393 e. The molecule has 2 aromatic heterocycles. The molecule has 1 aliphatic rings. The Labute approximate surface area is 141 Å². The highest BCUT2D eigenvalue weighted by Gasteiger charge is 2.29. The number of aromatic nitrogens is 3. The number of fused-ring (bicyclic) bond motifs is 1. The maximum atomic E-state index is 9.49. The normalized spacial score (nSPS) is 19.9. The number of aliphatic hydroxyl groups is 1. The van der Waals surface area contributed by atoms with Gasteiger partial charge in [-0.15, -0.1) is 0 Å². The van der Waals surface area contributed by atoms with Gasteiger partial charge in [-0.3, -0.25) is 4.98 Å². The molecule has 1 fully saturated rings. The molecular formula is C19H20N4O. The Morgan fingerprint density at radius 1 is 1.21 bits per heavy atom. The summed E-state index contributed by atoms with van der Waals surface area (Å²) in [5, 5.41) is 11.9. The van der Waals surface area contributed by atoms with Crippen LogP contribution in [0.25, 0.3) is 10.8 Å². The Morgan fingerprint density at radius 2 is 2.08 bits per heavy atom. The molecule has 3 aromatic rings. The Hall–Kier alpha value is -2.53. The highest BCUT2D eigenvalue weighted by atomic mass is 16.3. The molecule has 0 bridgehead atoms. The van der Waals surface area contributed by atoms with Crippen LogP contribution < -0.4 is 4.90 Å². The summed E-state index contributed by atoms with van der Waals surface area (Å²) in [6.07, 6.45) is 6.78. The van der Waals surface area contributed by atoms with Gasteiger partial charge in [0, 0.05) is 49.1 Å². The van der Waals surface area contributed by atoms with Crippen molar-refractivity contribution in [3.63, 3.8) is 0 Å². The van der Waals surface area contributed by atoms with E-state index in [0.29, 0.717) is 5.92 Å². The van der Waals surface area contributed by atoms with Crippen molar-refractivity contribution in [2.45, 2.75) is 31.4 Å². The van der Waals surface area contributed by atoms with Crippen LogP contribution in [0, 0.1) is 0 Å². The fourth-order valence-electron chi connectivity index (χ4n) is 3.29. The molecule has 5 nitrogen and oxygen atoms in total. The zero-order valence-electron chi connectivity index (χ0n) is 13.6. The van der Waals surface area contributed by atoms with Gasteiger partial charge in [0.25, 0.3) is 0 Å². The average molecular weight is 320 g/mol. The molecule has 2 heterocycles. The van der Waals surface area contributed by atoms with Crippen LogP contribution in [-0.2, 0) is 6.54 Å². The lowest BCUT2D eigenvalue weighted by atomic mass is 9.80. The van der Waals surface area contributed by atoms with Gasteiger partial charge < -0.3 is 10.0 Å². The van der Waals surface area contributed by atoms with Crippen LogP contribution >= 0.6 is 0 Å². The third-order valence-corrected chi connectivity index (χ3v) is 4.77. The minimum atomic E-state index is -0.171. The summed E-state index contributed by atoms with van der Waals surface area (Å²) in [5.74, 6) is 1.27. The van der Waals surface area contributed by atoms with Gasteiger partial charge in [0.2, 0.25) is 0 Å². The first kappa shape index (κ1) is 15.0. The van der Waals surface area contributed by atoms with E-state index >= 15 is 0 Å². The number of hydrogen-bond acceptors (Lipinski definition) is 5. The zero-order valence-corrected chi connectivity index (χ0v) is 13.6. The lowest BCUT2D eigenvalue weighted by molar-refractivity contribution is 0.0732. The number of hydrogen-bond donors (Lipinski definition) is 1. The molecule has 0 atom stereocenters. The van der Waals surface area contributed by atoms with Gasteiger partial charge >= 0.3 is 0 Å². The van der Waals surface area contributed by atoms with Crippen molar-refractivity contribution in [3.05, 3.63) is 60.3 Å². The molecule has 0 radical (unpaired) electrons. The number of nitrogens with zero attached hydrogens (tertiary/aromatic N) is 4. The summed E-state index contributed by atoms with van der Waals surface area (Å²) in [6, 6.07) is 10.4. The van der Waals surface area contributed by atoms with E-state index in [0.717, 1.165) is 36.3 Å². The first-order chi connectivity index (χ1) is 11.7. The van der Waals surface area contributed by atoms with Crippen LogP contribution in [0.15, 0.2) is 49.1 Å². The number of pyridine rings is 1. The van der Waals surface area contributed by atoms with Crippen LogP contribution in [0.4, 0.5) is 5.82 Å². The summed E-state index contributed by atoms with van der Waals surface area (Å²) >= 11 is 0. The topological polar surface area (TPSA) is 62.1 Å². The predicted octanol–water partition coefficient (Wildman–Crippen LogP) is 2.90. The van der Waals surface area contributed by atoms with Crippen LogP contribution in [0.1, 0.15) is 30.0 Å². The van der Waals surface area contributed by atoms with E-state index in [4.69, 9.17) is 0 Å². The Morgan fingerprint density at radius 3 is 2.92 bits per heavy atom. The van der Waals surface area contributed by atoms with E-state index in [9.17, 15) is 5.11 Å². The maximum Gasteiger partial charge on any atom is 0.132 e. The zero-order chi connectivity index (χ0) is 16.5. The smallest absolute Gasteiger partial charge is 0.132 e. The minimum Gasteiger partial charge on any atom is -0.393 e. The Balaban J connectivity index is 1.57. The predicted molar refractivity (Wildman–Crippen MR) is 93.9 cm³/mol. The van der Waals surface area contributed by atoms with Gasteiger partial charge in [-0.25, -0.2) is 9.97 Å². The average Bonchev–Trinajstić information content (AvgIpc) is 2.59. The van der Waals surface area contributed by atoms with Crippen molar-refractivity contribution < 1.29 is 5.11 Å². The molecule has 1 saturated carbocycles. The molecule has 1 aromatic carbocycles. The van der Waals surface area contributed by atoms with E-state index in [1.54, 1.807) is 6.33 Å². The maximum absolute atomic E-state index is 9.49. The standard InChI is InChI=1S/C19H20N4O/c1-23(11-14-4-2-3-13-10-20-6-5-17(13)14)19-9-18(21-12-22-19)15-7-16(24)8-15/h2-6,9-10,12,15-16,24H,7-8,11H2,1H3. The number of anilines is 1. The highest BCUT2D eigenvalue weighted by Crippen LogP contribution is 2.36. The lowest BCUT2D eigenvalue weighted by Crippen LogP contribution is -2.27. The summed E-state index contributed by atoms with van der Waals surface area (Å²) in [6.45, 7) is 0.769. The quantitative estimate of drug-likeness (QED) is 0.801. The fourth-order valence-corrected chi connectivity index (χ4v) is 3.29. The van der Waals surface area contributed by atoms with Gasteiger partial charge in [-0.05, 0) is 29.9 Å². The van der Waals surface area contributed by atoms with Crippen molar-refractivity contribution in [3.8, 4) is 0 Å². The molecule has 122 valence electrons. The fraction of sp³-hybridized carbons (Fsp3) is 0.316. The van der Waals surface area contributed by atoms with Gasteiger partial charge in [0.15, 0.2) is 0 Å². The monoisotopic (exact) mass is 320 g/mol. The molecule has 0 aliphatic heterocycles. The first-order valence-electron chi connectivity index (χ1n) is 8.23. The number of benzene rings is 1. The summed E-state index contributed by atoms with van der Waals surface area (Å²) in [4.78, 5) is 15.1. The second kappa shape index (κ2) is 6.17. The molecular weight excluding hydrogens is 300 g/mol. The molecule has 4 rings (SSSR count). The van der Waals surface area contributed by atoms with Gasteiger partial charge in [0.1, 0.15) is 12.1 Å². The second-order valence-electron chi connectivity index (χ2n) is 6.49. The molecule has 1 N–H and O–H groups in total. The number of aliphatic hydroxyl groups excluding tert-OH is 1. The van der Waals surface area contributed by atoms with Crippen LogP contribution in [0.3, 0.4) is 0 Å². The molecule has 24 heavy (non-hydrogen) atoms. The van der Waals surface area contributed by atoms with Crippen molar-refractivity contribution >= 4 is 16.6 Å². The Kier molecular flexibility index (Phi) is 3.86. The Bertz CT molecular complexity index is 855. The third kappa shape index (κ3) is 2.83. The molecule has 0 spiro atoms. The van der Waals surface area contributed by atoms with Crippen LogP contribution in [-0.4, -0.2) is 33.2 Å². The minimum absolute atomic E-state index is 0.171. The van der Waals surface area contributed by atoms with E-state index in [2.05, 4.69) is 44.1 Å². The lowest BCUT2D eigenvalue weighted by Gasteiger charge is -2.31. The number of rotatable bonds is 4. The summed E-state index contributed by atoms with van der Waals surface area (Å²) in [5.41, 5.74) is 2.27. The highest BCUT2D eigenvalue weighted by molar-refractivity contribution is 5.84. The first-order valence-corrected chi connectivity index (χ1v) is 8.23. The summed E-state index contributed by atoms with van der Waals surface area (Å²) in [7, 11) is 2.04.